The minimum absolute atomic E-state index is 0.454. The molecule has 1 aromatic carbocycles. The fraction of sp³-hybridized carbons (Fsp3) is 0.600. The fourth-order valence-electron chi connectivity index (χ4n) is 2.72. The van der Waals surface area contributed by atoms with Gasteiger partial charge in [-0.1, -0.05) is 12.1 Å². The number of benzene rings is 1. The molecule has 3 nitrogen and oxygen atoms in total. The molecule has 0 aromatic heterocycles. The van der Waals surface area contributed by atoms with Crippen LogP contribution in [0.4, 0.5) is 0 Å². The van der Waals surface area contributed by atoms with E-state index in [0.29, 0.717) is 12.1 Å². The van der Waals surface area contributed by atoms with E-state index in [9.17, 15) is 0 Å². The zero-order chi connectivity index (χ0) is 13.0. The molecule has 100 valence electrons. The van der Waals surface area contributed by atoms with Gasteiger partial charge in [-0.3, -0.25) is 0 Å². The number of rotatable bonds is 5. The Kier molecular flexibility index (Phi) is 4.61. The highest BCUT2D eigenvalue weighted by atomic mass is 16.5. The fourth-order valence-corrected chi connectivity index (χ4v) is 2.72. The minimum atomic E-state index is 0.454. The van der Waals surface area contributed by atoms with E-state index in [2.05, 4.69) is 42.5 Å². The lowest BCUT2D eigenvalue weighted by Gasteiger charge is -2.27. The maximum absolute atomic E-state index is 5.32. The molecule has 0 aliphatic carbocycles. The van der Waals surface area contributed by atoms with Crippen molar-refractivity contribution in [3.63, 3.8) is 0 Å². The lowest BCUT2D eigenvalue weighted by molar-refractivity contribution is 0.262. The van der Waals surface area contributed by atoms with Gasteiger partial charge in [-0.05, 0) is 57.6 Å². The lowest BCUT2D eigenvalue weighted by Crippen LogP contribution is -2.29. The van der Waals surface area contributed by atoms with Gasteiger partial charge in [0.05, 0.1) is 7.11 Å². The Bertz CT molecular complexity index is 373. The van der Waals surface area contributed by atoms with Crippen molar-refractivity contribution in [3.05, 3.63) is 29.8 Å². The molecule has 2 rings (SSSR count). The van der Waals surface area contributed by atoms with Crippen molar-refractivity contribution >= 4 is 0 Å². The van der Waals surface area contributed by atoms with E-state index in [-0.39, 0.29) is 0 Å². The van der Waals surface area contributed by atoms with Crippen LogP contribution in [0.1, 0.15) is 30.9 Å². The maximum Gasteiger partial charge on any atom is 0.119 e. The summed E-state index contributed by atoms with van der Waals surface area (Å²) in [4.78, 5) is 2.30. The molecule has 1 aliphatic rings. The summed E-state index contributed by atoms with van der Waals surface area (Å²) in [5.41, 5.74) is 1.34. The van der Waals surface area contributed by atoms with E-state index in [1.807, 2.05) is 6.07 Å². The third-order valence-electron chi connectivity index (χ3n) is 3.77. The van der Waals surface area contributed by atoms with E-state index < -0.39 is 0 Å². The molecular weight excluding hydrogens is 224 g/mol. The van der Waals surface area contributed by atoms with Gasteiger partial charge in [0.2, 0.25) is 0 Å². The summed E-state index contributed by atoms with van der Waals surface area (Å²) in [6, 6.07) is 9.54. The first kappa shape index (κ1) is 13.4. The lowest BCUT2D eigenvalue weighted by atomic mass is 9.97. The highest BCUT2D eigenvalue weighted by Gasteiger charge is 2.22. The Morgan fingerprint density at radius 1 is 1.44 bits per heavy atom. The van der Waals surface area contributed by atoms with Crippen LogP contribution < -0.4 is 10.1 Å². The molecule has 0 saturated carbocycles. The highest BCUT2D eigenvalue weighted by molar-refractivity contribution is 5.30. The molecule has 0 spiro atoms. The molecule has 2 unspecified atom stereocenters. The first-order valence-corrected chi connectivity index (χ1v) is 6.74. The molecule has 1 heterocycles. The third kappa shape index (κ3) is 3.24. The van der Waals surface area contributed by atoms with Gasteiger partial charge in [0, 0.05) is 12.1 Å². The zero-order valence-electron chi connectivity index (χ0n) is 11.6. The SMILES string of the molecule is COc1cccc(C(CC2CCCN2)N(C)C)c1. The van der Waals surface area contributed by atoms with Crippen molar-refractivity contribution in [1.82, 2.24) is 10.2 Å². The van der Waals surface area contributed by atoms with Gasteiger partial charge in [0.1, 0.15) is 5.75 Å². The molecule has 3 heteroatoms. The molecule has 0 bridgehead atoms. The van der Waals surface area contributed by atoms with Gasteiger partial charge in [-0.25, -0.2) is 0 Å². The van der Waals surface area contributed by atoms with Crippen LogP contribution >= 0.6 is 0 Å². The second-order valence-electron chi connectivity index (χ2n) is 5.29. The second-order valence-corrected chi connectivity index (χ2v) is 5.29. The molecule has 1 fully saturated rings. The first-order valence-electron chi connectivity index (χ1n) is 6.74. The monoisotopic (exact) mass is 248 g/mol. The Hall–Kier alpha value is -1.06. The quantitative estimate of drug-likeness (QED) is 0.866. The molecule has 0 radical (unpaired) electrons. The summed E-state index contributed by atoms with van der Waals surface area (Å²) in [6.45, 7) is 1.17. The topological polar surface area (TPSA) is 24.5 Å². The van der Waals surface area contributed by atoms with E-state index >= 15 is 0 Å². The smallest absolute Gasteiger partial charge is 0.119 e. The normalized spacial score (nSPS) is 21.2. The van der Waals surface area contributed by atoms with Crippen LogP contribution in [0.5, 0.6) is 5.75 Å². The molecule has 0 amide bonds. The number of hydrogen-bond acceptors (Lipinski definition) is 3. The predicted molar refractivity (Wildman–Crippen MR) is 75.1 cm³/mol. The van der Waals surface area contributed by atoms with Crippen molar-refractivity contribution in [2.75, 3.05) is 27.7 Å². The summed E-state index contributed by atoms with van der Waals surface area (Å²) < 4.78 is 5.32. The molecule has 1 N–H and O–H groups in total. The van der Waals surface area contributed by atoms with Crippen molar-refractivity contribution < 1.29 is 4.74 Å². The van der Waals surface area contributed by atoms with Crippen LogP contribution in [-0.2, 0) is 0 Å². The van der Waals surface area contributed by atoms with Crippen LogP contribution in [0.25, 0.3) is 0 Å². The van der Waals surface area contributed by atoms with Crippen molar-refractivity contribution in [1.29, 1.82) is 0 Å². The number of nitrogens with one attached hydrogen (secondary N) is 1. The van der Waals surface area contributed by atoms with E-state index in [4.69, 9.17) is 4.74 Å². The summed E-state index contributed by atoms with van der Waals surface area (Å²) in [5.74, 6) is 0.943. The summed E-state index contributed by atoms with van der Waals surface area (Å²) in [6.07, 6.45) is 3.78. The molecule has 1 aliphatic heterocycles. The van der Waals surface area contributed by atoms with E-state index in [0.717, 1.165) is 5.75 Å². The van der Waals surface area contributed by atoms with Gasteiger partial charge in [-0.2, -0.15) is 0 Å². The average Bonchev–Trinajstić information content (AvgIpc) is 2.88. The van der Waals surface area contributed by atoms with Gasteiger partial charge in [0.25, 0.3) is 0 Å². The summed E-state index contributed by atoms with van der Waals surface area (Å²) in [5, 5.41) is 3.58. The molecule has 18 heavy (non-hydrogen) atoms. The number of hydrogen-bond donors (Lipinski definition) is 1. The molecular formula is C15H24N2O. The number of ether oxygens (including phenoxy) is 1. The molecule has 2 atom stereocenters. The van der Waals surface area contributed by atoms with Crippen LogP contribution in [0, 0.1) is 0 Å². The van der Waals surface area contributed by atoms with Gasteiger partial charge in [0.15, 0.2) is 0 Å². The maximum atomic E-state index is 5.32. The summed E-state index contributed by atoms with van der Waals surface area (Å²) in [7, 11) is 6.03. The predicted octanol–water partition coefficient (Wildman–Crippen LogP) is 2.44. The third-order valence-corrected chi connectivity index (χ3v) is 3.77. The Morgan fingerprint density at radius 3 is 2.89 bits per heavy atom. The number of nitrogens with zero attached hydrogens (tertiary/aromatic N) is 1. The Morgan fingerprint density at radius 2 is 2.28 bits per heavy atom. The standard InChI is InChI=1S/C15H24N2O/c1-17(2)15(11-13-7-5-9-16-13)12-6-4-8-14(10-12)18-3/h4,6,8,10,13,15-16H,5,7,9,11H2,1-3H3. The van der Waals surface area contributed by atoms with Gasteiger partial charge >= 0.3 is 0 Å². The Balaban J connectivity index is 2.12. The van der Waals surface area contributed by atoms with Crippen LogP contribution in [0.15, 0.2) is 24.3 Å². The van der Waals surface area contributed by atoms with Gasteiger partial charge in [-0.15, -0.1) is 0 Å². The second kappa shape index (κ2) is 6.21. The highest BCUT2D eigenvalue weighted by Crippen LogP contribution is 2.28. The van der Waals surface area contributed by atoms with Gasteiger partial charge < -0.3 is 15.0 Å². The molecule has 1 saturated heterocycles. The minimum Gasteiger partial charge on any atom is -0.497 e. The largest absolute Gasteiger partial charge is 0.497 e. The van der Waals surface area contributed by atoms with Crippen LogP contribution in [0.3, 0.4) is 0 Å². The van der Waals surface area contributed by atoms with E-state index in [1.165, 1.54) is 31.4 Å². The van der Waals surface area contributed by atoms with Crippen LogP contribution in [-0.4, -0.2) is 38.7 Å². The van der Waals surface area contributed by atoms with Crippen LogP contribution in [0.2, 0.25) is 0 Å². The molecule has 1 aromatic rings. The summed E-state index contributed by atoms with van der Waals surface area (Å²) >= 11 is 0. The van der Waals surface area contributed by atoms with Crippen molar-refractivity contribution in [2.45, 2.75) is 31.3 Å². The average molecular weight is 248 g/mol. The number of methoxy groups -OCH3 is 1. The Labute approximate surface area is 110 Å². The zero-order valence-corrected chi connectivity index (χ0v) is 11.6. The van der Waals surface area contributed by atoms with Crippen molar-refractivity contribution in [2.24, 2.45) is 0 Å². The first-order chi connectivity index (χ1) is 8.70. The van der Waals surface area contributed by atoms with Crippen molar-refractivity contribution in [3.8, 4) is 5.75 Å². The van der Waals surface area contributed by atoms with E-state index in [1.54, 1.807) is 7.11 Å².